The maximum Gasteiger partial charge on any atom is 0.294 e. The molecular weight excluding hydrogens is 220 g/mol. The van der Waals surface area contributed by atoms with Gasteiger partial charge in [0.25, 0.3) is 6.47 Å². The molecule has 0 N–H and O–H groups in total. The monoisotopic (exact) mass is 232 g/mol. The lowest BCUT2D eigenvalue weighted by Gasteiger charge is -2.05. The summed E-state index contributed by atoms with van der Waals surface area (Å²) in [6.07, 6.45) is 0.341. The highest BCUT2D eigenvalue weighted by Gasteiger charge is 2.41. The van der Waals surface area contributed by atoms with Gasteiger partial charge in [-0.1, -0.05) is 31.5 Å². The van der Waals surface area contributed by atoms with Crippen LogP contribution < -0.4 is 0 Å². The van der Waals surface area contributed by atoms with Gasteiger partial charge in [0, 0.05) is 11.1 Å². The summed E-state index contributed by atoms with van der Waals surface area (Å²) in [6, 6.07) is 5.18. The first-order chi connectivity index (χ1) is 8.20. The number of hydrogen-bond donors (Lipinski definition) is 0. The minimum absolute atomic E-state index is 0.145. The number of fused-ring (bicyclic) bond motifs is 1. The normalized spacial score (nSPS) is 18.1. The SMILES string of the molecule is CCCc1cccc2c1C(=O)C(OC=O)C2=O. The van der Waals surface area contributed by atoms with Crippen molar-refractivity contribution in [2.45, 2.75) is 25.9 Å². The average Bonchev–Trinajstić information content (AvgIpc) is 2.56. The molecule has 1 aromatic carbocycles. The van der Waals surface area contributed by atoms with Crippen molar-refractivity contribution in [3.63, 3.8) is 0 Å². The summed E-state index contributed by atoms with van der Waals surface area (Å²) >= 11 is 0. The number of ether oxygens (including phenoxy) is 1. The van der Waals surface area contributed by atoms with E-state index in [1.165, 1.54) is 0 Å². The molecule has 1 unspecified atom stereocenters. The number of hydrogen-bond acceptors (Lipinski definition) is 4. The molecule has 0 aliphatic heterocycles. The fourth-order valence-electron chi connectivity index (χ4n) is 2.14. The maximum atomic E-state index is 12.0. The molecule has 0 radical (unpaired) electrons. The average molecular weight is 232 g/mol. The van der Waals surface area contributed by atoms with Gasteiger partial charge in [0.15, 0.2) is 0 Å². The quantitative estimate of drug-likeness (QED) is 0.584. The molecule has 0 amide bonds. The van der Waals surface area contributed by atoms with Crippen molar-refractivity contribution in [3.8, 4) is 0 Å². The van der Waals surface area contributed by atoms with Crippen LogP contribution in [-0.4, -0.2) is 24.1 Å². The van der Waals surface area contributed by atoms with E-state index in [2.05, 4.69) is 4.74 Å². The van der Waals surface area contributed by atoms with Crippen LogP contribution >= 0.6 is 0 Å². The summed E-state index contributed by atoms with van der Waals surface area (Å²) in [5.74, 6) is -0.823. The van der Waals surface area contributed by atoms with Crippen molar-refractivity contribution in [2.75, 3.05) is 0 Å². The van der Waals surface area contributed by atoms with Crippen LogP contribution in [0.2, 0.25) is 0 Å². The third-order valence-corrected chi connectivity index (χ3v) is 2.85. The topological polar surface area (TPSA) is 60.4 Å². The van der Waals surface area contributed by atoms with Crippen LogP contribution in [0.15, 0.2) is 18.2 Å². The molecule has 0 saturated carbocycles. The molecular formula is C13H12O4. The Morgan fingerprint density at radius 2 is 2.06 bits per heavy atom. The molecule has 4 heteroatoms. The Kier molecular flexibility index (Phi) is 3.04. The van der Waals surface area contributed by atoms with Crippen LogP contribution in [0.4, 0.5) is 0 Å². The van der Waals surface area contributed by atoms with Gasteiger partial charge in [-0.3, -0.25) is 14.4 Å². The maximum absolute atomic E-state index is 12.0. The molecule has 0 aromatic heterocycles. The molecule has 88 valence electrons. The lowest BCUT2D eigenvalue weighted by Crippen LogP contribution is -2.25. The summed E-state index contributed by atoms with van der Waals surface area (Å²) in [5, 5.41) is 0. The fourth-order valence-corrected chi connectivity index (χ4v) is 2.14. The standard InChI is InChI=1S/C13H12O4/c1-2-4-8-5-3-6-9-10(8)12(16)13(11(9)15)17-7-14/h3,5-7,13H,2,4H2,1H3. The van der Waals surface area contributed by atoms with Gasteiger partial charge in [0.2, 0.25) is 17.7 Å². The summed E-state index contributed by atoms with van der Waals surface area (Å²) in [6.45, 7) is 2.14. The Morgan fingerprint density at radius 1 is 1.29 bits per heavy atom. The van der Waals surface area contributed by atoms with Crippen LogP contribution in [0, 0.1) is 0 Å². The van der Waals surface area contributed by atoms with E-state index < -0.39 is 17.7 Å². The highest BCUT2D eigenvalue weighted by Crippen LogP contribution is 2.27. The lowest BCUT2D eigenvalue weighted by molar-refractivity contribution is -0.130. The van der Waals surface area contributed by atoms with Crippen molar-refractivity contribution in [3.05, 3.63) is 34.9 Å². The molecule has 1 atom stereocenters. The first-order valence-electron chi connectivity index (χ1n) is 5.50. The van der Waals surface area contributed by atoms with Gasteiger partial charge in [0.05, 0.1) is 0 Å². The molecule has 4 nitrogen and oxygen atoms in total. The van der Waals surface area contributed by atoms with Crippen LogP contribution in [0.25, 0.3) is 0 Å². The molecule has 1 aliphatic carbocycles. The van der Waals surface area contributed by atoms with Crippen LogP contribution in [0.3, 0.4) is 0 Å². The molecule has 0 bridgehead atoms. The second-order valence-electron chi connectivity index (χ2n) is 3.93. The zero-order valence-corrected chi connectivity index (χ0v) is 9.43. The molecule has 2 rings (SSSR count). The van der Waals surface area contributed by atoms with E-state index in [1.807, 2.05) is 13.0 Å². The van der Waals surface area contributed by atoms with E-state index in [0.29, 0.717) is 11.1 Å². The van der Waals surface area contributed by atoms with E-state index in [9.17, 15) is 14.4 Å². The second-order valence-corrected chi connectivity index (χ2v) is 3.93. The fraction of sp³-hybridized carbons (Fsp3) is 0.308. The third kappa shape index (κ3) is 1.75. The van der Waals surface area contributed by atoms with Gasteiger partial charge in [-0.05, 0) is 12.0 Å². The summed E-state index contributed by atoms with van der Waals surface area (Å²) in [4.78, 5) is 34.1. The highest BCUT2D eigenvalue weighted by atomic mass is 16.5. The van der Waals surface area contributed by atoms with Gasteiger partial charge in [-0.15, -0.1) is 0 Å². The van der Waals surface area contributed by atoms with Crippen LogP contribution in [0.5, 0.6) is 0 Å². The number of aryl methyl sites for hydroxylation is 1. The van der Waals surface area contributed by atoms with Crippen LogP contribution in [-0.2, 0) is 16.0 Å². The largest absolute Gasteiger partial charge is 0.448 e. The van der Waals surface area contributed by atoms with Crippen LogP contribution in [0.1, 0.15) is 39.6 Å². The first kappa shape index (κ1) is 11.5. The van der Waals surface area contributed by atoms with Crippen molar-refractivity contribution < 1.29 is 19.1 Å². The lowest BCUT2D eigenvalue weighted by atomic mass is 9.99. The minimum Gasteiger partial charge on any atom is -0.448 e. The predicted molar refractivity (Wildman–Crippen MR) is 60.0 cm³/mol. The Morgan fingerprint density at radius 3 is 2.71 bits per heavy atom. The Bertz CT molecular complexity index is 490. The van der Waals surface area contributed by atoms with E-state index in [-0.39, 0.29) is 6.47 Å². The predicted octanol–water partition coefficient (Wildman–Crippen LogP) is 1.56. The van der Waals surface area contributed by atoms with Gasteiger partial charge in [0.1, 0.15) is 0 Å². The molecule has 0 heterocycles. The van der Waals surface area contributed by atoms with Gasteiger partial charge < -0.3 is 4.74 Å². The smallest absolute Gasteiger partial charge is 0.294 e. The molecule has 0 spiro atoms. The molecule has 1 aromatic rings. The number of carbonyl (C=O) groups is 3. The molecule has 0 saturated heterocycles. The van der Waals surface area contributed by atoms with Gasteiger partial charge >= 0.3 is 0 Å². The van der Waals surface area contributed by atoms with Crippen molar-refractivity contribution in [1.82, 2.24) is 0 Å². The number of carbonyl (C=O) groups excluding carboxylic acids is 3. The van der Waals surface area contributed by atoms with Gasteiger partial charge in [-0.25, -0.2) is 0 Å². The third-order valence-electron chi connectivity index (χ3n) is 2.85. The number of rotatable bonds is 4. The summed E-state index contributed by atoms with van der Waals surface area (Å²) in [7, 11) is 0. The number of ketones is 2. The number of benzene rings is 1. The zero-order chi connectivity index (χ0) is 12.4. The van der Waals surface area contributed by atoms with E-state index in [4.69, 9.17) is 0 Å². The van der Waals surface area contributed by atoms with E-state index in [0.717, 1.165) is 18.4 Å². The Labute approximate surface area is 98.6 Å². The molecule has 17 heavy (non-hydrogen) atoms. The van der Waals surface area contributed by atoms with Crippen molar-refractivity contribution >= 4 is 18.0 Å². The molecule has 0 fully saturated rings. The minimum atomic E-state index is -1.28. The Balaban J connectivity index is 2.49. The number of Topliss-reactive ketones (excluding diaryl/α,β-unsaturated/α-hetero) is 2. The van der Waals surface area contributed by atoms with E-state index >= 15 is 0 Å². The Hall–Kier alpha value is -1.97. The van der Waals surface area contributed by atoms with Gasteiger partial charge in [-0.2, -0.15) is 0 Å². The second kappa shape index (κ2) is 4.49. The van der Waals surface area contributed by atoms with Crippen molar-refractivity contribution in [1.29, 1.82) is 0 Å². The summed E-state index contributed by atoms with van der Waals surface area (Å²) < 4.78 is 4.56. The van der Waals surface area contributed by atoms with Crippen molar-refractivity contribution in [2.24, 2.45) is 0 Å². The molecule has 1 aliphatic rings. The highest BCUT2D eigenvalue weighted by molar-refractivity contribution is 6.29. The summed E-state index contributed by atoms with van der Waals surface area (Å²) in [5.41, 5.74) is 1.64. The zero-order valence-electron chi connectivity index (χ0n) is 9.43. The van der Waals surface area contributed by atoms with E-state index in [1.54, 1.807) is 12.1 Å². The first-order valence-corrected chi connectivity index (χ1v) is 5.50.